The van der Waals surface area contributed by atoms with E-state index in [-0.39, 0.29) is 12.2 Å². The highest BCUT2D eigenvalue weighted by atomic mass is 16.6. The zero-order valence-electron chi connectivity index (χ0n) is 25.3. The summed E-state index contributed by atoms with van der Waals surface area (Å²) in [7, 11) is 0. The van der Waals surface area contributed by atoms with E-state index in [1.54, 1.807) is 17.3 Å². The average Bonchev–Trinajstić information content (AvgIpc) is 3.42. The van der Waals surface area contributed by atoms with E-state index in [1.807, 2.05) is 19.1 Å². The fourth-order valence-electron chi connectivity index (χ4n) is 5.28. The Morgan fingerprint density at radius 2 is 1.41 bits per heavy atom. The summed E-state index contributed by atoms with van der Waals surface area (Å²) in [6.45, 7) is 7.96. The van der Waals surface area contributed by atoms with Crippen LogP contribution in [0, 0.1) is 5.92 Å². The molecule has 0 radical (unpaired) electrons. The molecular formula is C33H58N2O4. The van der Waals surface area contributed by atoms with Crippen LogP contribution in [0.4, 0.5) is 4.79 Å². The summed E-state index contributed by atoms with van der Waals surface area (Å²) in [5, 5.41) is 0. The van der Waals surface area contributed by atoms with Gasteiger partial charge in [-0.25, -0.2) is 4.79 Å². The summed E-state index contributed by atoms with van der Waals surface area (Å²) in [5.74, 6) is 0.397. The highest BCUT2D eigenvalue weighted by molar-refractivity contribution is 5.67. The lowest BCUT2D eigenvalue weighted by atomic mass is 10.0. The van der Waals surface area contributed by atoms with Gasteiger partial charge in [-0.1, -0.05) is 103 Å². The molecule has 1 aromatic rings. The van der Waals surface area contributed by atoms with E-state index in [2.05, 4.69) is 11.9 Å². The van der Waals surface area contributed by atoms with Gasteiger partial charge in [-0.05, 0) is 37.5 Å². The molecule has 224 valence electrons. The number of amides is 1. The summed E-state index contributed by atoms with van der Waals surface area (Å²) in [5.41, 5.74) is 1.04. The van der Waals surface area contributed by atoms with Crippen LogP contribution in [-0.2, 0) is 20.8 Å². The molecule has 1 fully saturated rings. The first kappa shape index (κ1) is 33.5. The number of hydrogen-bond donors (Lipinski definition) is 0. The maximum absolute atomic E-state index is 12.5. The monoisotopic (exact) mass is 546 g/mol. The molecule has 2 heterocycles. The van der Waals surface area contributed by atoms with Gasteiger partial charge in [0.2, 0.25) is 0 Å². The van der Waals surface area contributed by atoms with Gasteiger partial charge in [-0.3, -0.25) is 4.98 Å². The van der Waals surface area contributed by atoms with E-state index in [0.29, 0.717) is 32.2 Å². The van der Waals surface area contributed by atoms with Gasteiger partial charge in [0.15, 0.2) is 0 Å². The van der Waals surface area contributed by atoms with Crippen LogP contribution in [-0.4, -0.2) is 55.1 Å². The Morgan fingerprint density at radius 1 is 0.846 bits per heavy atom. The van der Waals surface area contributed by atoms with E-state index >= 15 is 0 Å². The van der Waals surface area contributed by atoms with Gasteiger partial charge in [0.25, 0.3) is 0 Å². The van der Waals surface area contributed by atoms with Gasteiger partial charge in [-0.15, -0.1) is 0 Å². The van der Waals surface area contributed by atoms with E-state index in [1.165, 1.54) is 96.3 Å². The molecule has 6 heteroatoms. The Labute approximate surface area is 239 Å². The first-order chi connectivity index (χ1) is 19.2. The Morgan fingerprint density at radius 3 is 1.97 bits per heavy atom. The number of nitrogens with zero attached hydrogens (tertiary/aromatic N) is 2. The maximum atomic E-state index is 12.5. The minimum Gasteiger partial charge on any atom is -0.447 e. The molecule has 6 nitrogen and oxygen atoms in total. The van der Waals surface area contributed by atoms with Crippen molar-refractivity contribution in [1.82, 2.24) is 9.88 Å². The van der Waals surface area contributed by atoms with Crippen LogP contribution < -0.4 is 0 Å². The smallest absolute Gasteiger partial charge is 0.410 e. The van der Waals surface area contributed by atoms with Crippen LogP contribution in [0.15, 0.2) is 24.5 Å². The SMILES string of the molecule is CCCCCCCCCCCCCCCCCCOC[C@H]1CO[C@H](COC(=O)N(CC)Cc2ccncc2)C1. The zero-order valence-corrected chi connectivity index (χ0v) is 25.3. The highest BCUT2D eigenvalue weighted by Gasteiger charge is 2.27. The molecule has 0 saturated carbocycles. The third-order valence-electron chi connectivity index (χ3n) is 7.82. The number of rotatable bonds is 24. The topological polar surface area (TPSA) is 60.9 Å². The molecule has 0 aromatic carbocycles. The molecule has 0 aliphatic carbocycles. The molecule has 1 amide bonds. The van der Waals surface area contributed by atoms with Gasteiger partial charge in [0.05, 0.1) is 19.3 Å². The quantitative estimate of drug-likeness (QED) is 0.121. The first-order valence-corrected chi connectivity index (χ1v) is 16.2. The second kappa shape index (κ2) is 23.1. The normalized spacial score (nSPS) is 17.0. The van der Waals surface area contributed by atoms with Gasteiger partial charge in [0.1, 0.15) is 6.61 Å². The van der Waals surface area contributed by atoms with Crippen LogP contribution in [0.25, 0.3) is 0 Å². The minimum atomic E-state index is -0.291. The lowest BCUT2D eigenvalue weighted by molar-refractivity contribution is 0.0269. The Balaban J connectivity index is 1.35. The van der Waals surface area contributed by atoms with Crippen molar-refractivity contribution >= 4 is 6.09 Å². The molecule has 1 aliphatic rings. The molecule has 1 saturated heterocycles. The number of hydrogen-bond acceptors (Lipinski definition) is 5. The predicted molar refractivity (Wildman–Crippen MR) is 160 cm³/mol. The van der Waals surface area contributed by atoms with Gasteiger partial charge >= 0.3 is 6.09 Å². The second-order valence-electron chi connectivity index (χ2n) is 11.4. The lowest BCUT2D eigenvalue weighted by Crippen LogP contribution is -2.33. The van der Waals surface area contributed by atoms with Crippen molar-refractivity contribution in [2.24, 2.45) is 5.92 Å². The van der Waals surface area contributed by atoms with Crippen molar-refractivity contribution in [1.29, 1.82) is 0 Å². The number of carbonyl (C=O) groups is 1. The van der Waals surface area contributed by atoms with Gasteiger partial charge in [-0.2, -0.15) is 0 Å². The molecule has 1 aliphatic heterocycles. The lowest BCUT2D eigenvalue weighted by Gasteiger charge is -2.21. The molecule has 2 atom stereocenters. The third-order valence-corrected chi connectivity index (χ3v) is 7.82. The number of carbonyl (C=O) groups excluding carboxylic acids is 1. The third kappa shape index (κ3) is 16.9. The molecule has 0 spiro atoms. The number of ether oxygens (including phenoxy) is 3. The minimum absolute atomic E-state index is 0.0299. The summed E-state index contributed by atoms with van der Waals surface area (Å²) < 4.78 is 17.3. The van der Waals surface area contributed by atoms with Crippen LogP contribution in [0.5, 0.6) is 0 Å². The van der Waals surface area contributed by atoms with Crippen molar-refractivity contribution in [3.05, 3.63) is 30.1 Å². The first-order valence-electron chi connectivity index (χ1n) is 16.2. The largest absolute Gasteiger partial charge is 0.447 e. The van der Waals surface area contributed by atoms with Crippen molar-refractivity contribution in [2.75, 3.05) is 33.0 Å². The summed E-state index contributed by atoms with van der Waals surface area (Å²) in [6.07, 6.45) is 26.2. The van der Waals surface area contributed by atoms with Crippen molar-refractivity contribution < 1.29 is 19.0 Å². The van der Waals surface area contributed by atoms with Gasteiger partial charge < -0.3 is 19.1 Å². The summed E-state index contributed by atoms with van der Waals surface area (Å²) in [6, 6.07) is 3.83. The van der Waals surface area contributed by atoms with Crippen LogP contribution in [0.1, 0.15) is 129 Å². The Kier molecular flexibility index (Phi) is 19.9. The average molecular weight is 547 g/mol. The molecule has 0 bridgehead atoms. The van der Waals surface area contributed by atoms with E-state index in [0.717, 1.165) is 31.6 Å². The van der Waals surface area contributed by atoms with Crippen LogP contribution >= 0.6 is 0 Å². The predicted octanol–water partition coefficient (Wildman–Crippen LogP) is 8.72. The van der Waals surface area contributed by atoms with Crippen LogP contribution in [0.2, 0.25) is 0 Å². The number of pyridine rings is 1. The molecule has 39 heavy (non-hydrogen) atoms. The van der Waals surface area contributed by atoms with E-state index < -0.39 is 0 Å². The highest BCUT2D eigenvalue weighted by Crippen LogP contribution is 2.21. The standard InChI is InChI=1S/C33H58N2O4/c1-3-5-6-7-8-9-10-11-12-13-14-15-16-17-18-19-24-37-27-31-25-32(38-28-31)29-39-33(36)35(4-2)26-30-20-22-34-23-21-30/h20-23,31-32H,3-19,24-29H2,1-2H3/t31-,32-/m0/s1. The van der Waals surface area contributed by atoms with Gasteiger partial charge in [0, 0.05) is 38.0 Å². The second-order valence-corrected chi connectivity index (χ2v) is 11.4. The maximum Gasteiger partial charge on any atom is 0.410 e. The fourth-order valence-corrected chi connectivity index (χ4v) is 5.28. The van der Waals surface area contributed by atoms with E-state index in [9.17, 15) is 4.79 Å². The molecular weight excluding hydrogens is 488 g/mol. The summed E-state index contributed by atoms with van der Waals surface area (Å²) in [4.78, 5) is 18.2. The number of unbranched alkanes of at least 4 members (excludes halogenated alkanes) is 15. The van der Waals surface area contributed by atoms with Crippen LogP contribution in [0.3, 0.4) is 0 Å². The Hall–Kier alpha value is -1.66. The van der Waals surface area contributed by atoms with Crippen molar-refractivity contribution in [3.8, 4) is 0 Å². The Bertz CT molecular complexity index is 702. The zero-order chi connectivity index (χ0) is 27.8. The van der Waals surface area contributed by atoms with Crippen molar-refractivity contribution in [2.45, 2.75) is 136 Å². The molecule has 1 aromatic heterocycles. The molecule has 0 N–H and O–H groups in total. The van der Waals surface area contributed by atoms with E-state index in [4.69, 9.17) is 14.2 Å². The number of aromatic nitrogens is 1. The fraction of sp³-hybridized carbons (Fsp3) is 0.818. The molecule has 2 rings (SSSR count). The van der Waals surface area contributed by atoms with Crippen molar-refractivity contribution in [3.63, 3.8) is 0 Å². The molecule has 0 unspecified atom stereocenters. The summed E-state index contributed by atoms with van der Waals surface area (Å²) >= 11 is 0.